The van der Waals surface area contributed by atoms with E-state index in [0.29, 0.717) is 0 Å². The summed E-state index contributed by atoms with van der Waals surface area (Å²) in [7, 11) is 0. The van der Waals surface area contributed by atoms with Gasteiger partial charge in [-0.1, -0.05) is 140 Å². The van der Waals surface area contributed by atoms with Crippen molar-refractivity contribution in [2.75, 3.05) is 11.4 Å². The van der Waals surface area contributed by atoms with Crippen molar-refractivity contribution >= 4 is 343 Å². The fourth-order valence-electron chi connectivity index (χ4n) is 33.3. The van der Waals surface area contributed by atoms with Gasteiger partial charge in [-0.2, -0.15) is 0 Å². The van der Waals surface area contributed by atoms with Crippen molar-refractivity contribution in [3.8, 4) is 44.5 Å². The number of hydrogen-bond acceptors (Lipinski definition) is 3. The number of benzene rings is 23. The minimum absolute atomic E-state index is 0.182. The van der Waals surface area contributed by atoms with Crippen LogP contribution < -0.4 is 4.90 Å². The second kappa shape index (κ2) is 14.0. The third kappa shape index (κ3) is 3.83. The predicted octanol–water partition coefficient (Wildman–Crippen LogP) is 29.2. The van der Waals surface area contributed by atoms with Crippen LogP contribution in [0, 0.1) is 0 Å². The molecule has 2 N–H and O–H groups in total. The lowest BCUT2D eigenvalue weighted by atomic mass is 9.47. The van der Waals surface area contributed by atoms with E-state index in [4.69, 9.17) is 9.97 Å². The van der Waals surface area contributed by atoms with E-state index >= 15 is 0 Å². The van der Waals surface area contributed by atoms with Crippen LogP contribution in [-0.4, -0.2) is 26.5 Å². The molecule has 43 rings (SSSR count). The number of para-hydroxylation sites is 1. The quantitative estimate of drug-likeness (QED) is 0.163. The third-order valence-corrected chi connectivity index (χ3v) is 35.2. The highest BCUT2D eigenvalue weighted by Crippen LogP contribution is 2.87. The minimum atomic E-state index is -0.625. The fraction of sp³-hybridized carbons (Fsp3) is 0.0357. The van der Waals surface area contributed by atoms with Gasteiger partial charge in [-0.3, -0.25) is 0 Å². The first-order valence-corrected chi connectivity index (χ1v) is 42.2. The highest BCUT2D eigenvalue weighted by atomic mass is 15.2. The Kier molecular flexibility index (Phi) is 6.11. The third-order valence-electron chi connectivity index (χ3n) is 35.2. The Labute approximate surface area is 651 Å². The first kappa shape index (κ1) is 50.9. The number of anilines is 1. The molecule has 0 saturated carbocycles. The van der Waals surface area contributed by atoms with Crippen LogP contribution in [0.5, 0.6) is 0 Å². The molecule has 4 aliphatic carbocycles. The van der Waals surface area contributed by atoms with E-state index in [9.17, 15) is 0 Å². The number of nitrogens with zero attached hydrogens (tertiary/aromatic N) is 3. The lowest BCUT2D eigenvalue weighted by Gasteiger charge is -2.51. The van der Waals surface area contributed by atoms with E-state index in [-0.39, 0.29) is 6.04 Å². The largest absolute Gasteiger partial charge is 0.361 e. The molecular weight excluding hydrogens is 1420 g/mol. The van der Waals surface area contributed by atoms with Gasteiger partial charge in [0.2, 0.25) is 0 Å². The summed E-state index contributed by atoms with van der Waals surface area (Å²) in [6.07, 6.45) is 9.10. The van der Waals surface area contributed by atoms with E-state index in [1.54, 1.807) is 313 Å². The summed E-state index contributed by atoms with van der Waals surface area (Å²) in [6, 6.07) is 63.8. The van der Waals surface area contributed by atoms with Crippen LogP contribution in [0.3, 0.4) is 0 Å². The topological polar surface area (TPSA) is 60.6 Å². The highest BCUT2D eigenvalue weighted by molar-refractivity contribution is 6.82. The molecule has 0 radical (unpaired) electrons. The van der Waals surface area contributed by atoms with E-state index in [1.165, 1.54) is 16.8 Å². The fourth-order valence-corrected chi connectivity index (χ4v) is 33.3. The summed E-state index contributed by atoms with van der Waals surface area (Å²) in [4.78, 5) is 23.3. The van der Waals surface area contributed by atoms with Crippen molar-refractivity contribution in [2.24, 2.45) is 0 Å². The second-order valence-corrected chi connectivity index (χ2v) is 38.0. The molecule has 1 unspecified atom stereocenters. The van der Waals surface area contributed by atoms with Gasteiger partial charge in [-0.15, -0.1) is 0 Å². The van der Waals surface area contributed by atoms with Crippen molar-refractivity contribution in [1.82, 2.24) is 19.9 Å². The summed E-state index contributed by atoms with van der Waals surface area (Å²) < 4.78 is 0. The Balaban J connectivity index is 0.711. The number of aromatic nitrogens is 4. The second-order valence-electron chi connectivity index (χ2n) is 38.0. The van der Waals surface area contributed by atoms with Gasteiger partial charge in [0.1, 0.15) is 0 Å². The number of rotatable bonds is 6. The number of H-pyrrole nitrogens is 2. The number of hydrogen-bond donors (Lipinski definition) is 2. The molecule has 1 atom stereocenters. The Morgan fingerprint density at radius 1 is 0.231 bits per heavy atom. The van der Waals surface area contributed by atoms with Crippen LogP contribution >= 0.6 is 0 Å². The van der Waals surface area contributed by atoms with Crippen LogP contribution in [0.2, 0.25) is 0 Å². The summed E-state index contributed by atoms with van der Waals surface area (Å²) >= 11 is 0. The minimum Gasteiger partial charge on any atom is -0.361 e. The van der Waals surface area contributed by atoms with Crippen molar-refractivity contribution in [3.05, 3.63) is 220 Å². The molecule has 7 aliphatic rings. The van der Waals surface area contributed by atoms with Crippen molar-refractivity contribution in [3.63, 3.8) is 0 Å². The summed E-state index contributed by atoms with van der Waals surface area (Å²) in [5, 5.41) is 87.5. The summed E-state index contributed by atoms with van der Waals surface area (Å²) in [5.41, 5.74) is 24.5. The van der Waals surface area contributed by atoms with E-state index in [1.807, 2.05) is 0 Å². The molecule has 33 aromatic carbocycles. The molecule has 1 saturated heterocycles. The normalized spacial score (nSPS) is 19.1. The van der Waals surface area contributed by atoms with Gasteiger partial charge in [0, 0.05) is 62.1 Å². The van der Waals surface area contributed by atoms with Gasteiger partial charge < -0.3 is 14.9 Å². The first-order valence-electron chi connectivity index (χ1n) is 42.2. The van der Waals surface area contributed by atoms with Crippen LogP contribution in [0.4, 0.5) is 5.69 Å². The van der Waals surface area contributed by atoms with Crippen LogP contribution in [-0.2, 0) is 10.8 Å². The Morgan fingerprint density at radius 3 is 0.752 bits per heavy atom. The Hall–Kier alpha value is -15.0. The zero-order valence-corrected chi connectivity index (χ0v) is 61.1. The van der Waals surface area contributed by atoms with Crippen LogP contribution in [0.15, 0.2) is 170 Å². The first-order chi connectivity index (χ1) is 58.2. The van der Waals surface area contributed by atoms with Gasteiger partial charge >= 0.3 is 0 Å². The molecule has 0 amide bonds. The van der Waals surface area contributed by atoms with Gasteiger partial charge in [-0.25, -0.2) is 9.97 Å². The molecule has 117 heavy (non-hydrogen) atoms. The molecule has 36 aromatic rings. The number of fused-ring (bicyclic) bond motifs is 8. The predicted molar refractivity (Wildman–Crippen MR) is 491 cm³/mol. The van der Waals surface area contributed by atoms with Gasteiger partial charge in [0.25, 0.3) is 0 Å². The SMILES string of the molecule is C1=Cc2nc1c(-c1ccccc1)c1ccc([nH]1)c(-c1ccccc1)c1nc(c(-c3ccccc3N3CC45c6c7c8c9c%10c%11c(c%12c%13c4c4c6c6c%14c7c7c8c8c%10c%10c%15c%11c%11c%12c%12c%13c%13c4c4c6c6c%14c%14c7c7c8c%10c8c%10c%15c%11c%11c%12c%12c%13c4c4c6c6c%14c7c8c7c%10c%11c%12c4c67)C95C3c3ccccc3)c3ccc([nH]3)c2-c2ccccc2)C=C1. The average Bonchev–Trinajstić information content (AvgIpc) is 1.38. The van der Waals surface area contributed by atoms with E-state index in [0.717, 1.165) is 90.3 Å². The maximum atomic E-state index is 6.13. The van der Waals surface area contributed by atoms with Crippen molar-refractivity contribution in [2.45, 2.75) is 16.9 Å². The number of nitrogens with one attached hydrogen (secondary N) is 2. The number of aromatic amines is 2. The van der Waals surface area contributed by atoms with Gasteiger partial charge in [0.15, 0.2) is 0 Å². The summed E-state index contributed by atoms with van der Waals surface area (Å²) in [5.74, 6) is 0. The molecule has 1 fully saturated rings. The van der Waals surface area contributed by atoms with Gasteiger partial charge in [-0.05, 0) is 390 Å². The maximum absolute atomic E-state index is 6.13. The van der Waals surface area contributed by atoms with Crippen LogP contribution in [0.25, 0.3) is 382 Å². The molecule has 3 aliphatic heterocycles. The highest BCUT2D eigenvalue weighted by Gasteiger charge is 2.77. The smallest absolute Gasteiger partial charge is 0.0738 e. The molecule has 2 spiro atoms. The molecule has 6 heterocycles. The van der Waals surface area contributed by atoms with E-state index in [2.05, 4.69) is 209 Å². The lowest BCUT2D eigenvalue weighted by molar-refractivity contribution is 0.363. The molecule has 5 nitrogen and oxygen atoms in total. The molecule has 8 bridgehead atoms. The molecule has 510 valence electrons. The van der Waals surface area contributed by atoms with Crippen molar-refractivity contribution < 1.29 is 0 Å². The standard InChI is InChI=1S/C112H37N5/c1-5-15-34(16-6-1)48-39-25-27-41(113-39)49(35-17-7-2-8-18-35)43-29-31-45(115-43)51(46-32-30-44(116-46)50(36-19-9-3-10-20-36)42-28-26-40(48)114-42)38-23-13-14-24-47(38)117-33-111-106-98-90-80-70-62-54-52-53-56-60-58(54)66-74-68(60)78-72-64(56)65-57(53)61-59-55(52)63(62)71-77-67(59)75-69(61)79-73(65)83-82(72)94-88(78)96-86(74)92(84(90)76(66)70)100(106)102(96)108-104(94)105-95(83)89(79)97-87(75)93-85(77)91(81(71)80)99(98)107(111)101(93)103(97)109(105)112(108,111)110(117)37-21-11-4-12-22-37/h1-32,110,113,116H,33H2. The van der Waals surface area contributed by atoms with E-state index < -0.39 is 10.8 Å². The zero-order chi connectivity index (χ0) is 72.2. The Bertz CT molecular complexity index is 10800. The monoisotopic (exact) mass is 1450 g/mol. The van der Waals surface area contributed by atoms with Crippen LogP contribution in [0.1, 0.15) is 56.6 Å². The lowest BCUT2D eigenvalue weighted by Crippen LogP contribution is -2.51. The molecular formula is C112H37N5. The zero-order valence-electron chi connectivity index (χ0n) is 61.1. The molecule has 3 aromatic heterocycles. The maximum Gasteiger partial charge on any atom is 0.0738 e. The van der Waals surface area contributed by atoms with Gasteiger partial charge in [0.05, 0.1) is 39.6 Å². The summed E-state index contributed by atoms with van der Waals surface area (Å²) in [6.45, 7) is 0.794. The average molecular weight is 1450 g/mol. The molecule has 5 heteroatoms. The Morgan fingerprint density at radius 2 is 0.462 bits per heavy atom. The van der Waals surface area contributed by atoms with Crippen molar-refractivity contribution in [1.29, 1.82) is 0 Å².